The van der Waals surface area contributed by atoms with Crippen molar-refractivity contribution < 1.29 is 17.9 Å². The van der Waals surface area contributed by atoms with Gasteiger partial charge in [-0.15, -0.1) is 0 Å². The van der Waals surface area contributed by atoms with Crippen LogP contribution in [0.4, 0.5) is 17.1 Å². The van der Waals surface area contributed by atoms with E-state index in [2.05, 4.69) is 23.1 Å². The SMILES string of the molecule is COc1ccc(-c2cc(-c3ccc(S(C)(=O)=O)cc3)nc3c(N4c5ccccc5Oc5ccccc54)cccc23)cc1. The van der Waals surface area contributed by atoms with E-state index in [0.29, 0.717) is 0 Å². The number of pyridine rings is 1. The number of nitrogens with zero attached hydrogens (tertiary/aromatic N) is 2. The smallest absolute Gasteiger partial charge is 0.175 e. The van der Waals surface area contributed by atoms with Crippen LogP contribution in [-0.2, 0) is 9.84 Å². The summed E-state index contributed by atoms with van der Waals surface area (Å²) in [7, 11) is -1.67. The molecule has 206 valence electrons. The molecule has 6 nitrogen and oxygen atoms in total. The van der Waals surface area contributed by atoms with Crippen molar-refractivity contribution in [2.24, 2.45) is 0 Å². The monoisotopic (exact) mass is 570 g/mol. The van der Waals surface area contributed by atoms with Crippen molar-refractivity contribution in [3.8, 4) is 39.6 Å². The molecule has 0 saturated carbocycles. The van der Waals surface area contributed by atoms with Crippen LogP contribution in [0.25, 0.3) is 33.3 Å². The molecule has 1 aliphatic heterocycles. The maximum Gasteiger partial charge on any atom is 0.175 e. The molecule has 0 spiro atoms. The molecule has 5 aromatic carbocycles. The average Bonchev–Trinajstić information content (AvgIpc) is 3.02. The summed E-state index contributed by atoms with van der Waals surface area (Å²) in [5.41, 5.74) is 7.10. The molecule has 1 aromatic heterocycles. The fraction of sp³-hybridized carbons (Fsp3) is 0.0571. The van der Waals surface area contributed by atoms with Gasteiger partial charge in [-0.3, -0.25) is 0 Å². The standard InChI is InChI=1S/C35H26N2O4S/c1-40-25-18-14-23(15-19-25)28-22-29(24-16-20-26(21-17-24)42(2,38)39)36-35-27(28)8-7-11-32(35)37-30-9-3-5-12-33(30)41-34-13-6-4-10-31(34)37/h3-22H,1-2H3. The third-order valence-electron chi connectivity index (χ3n) is 7.47. The summed E-state index contributed by atoms with van der Waals surface area (Å²) in [6.07, 6.45) is 1.21. The predicted molar refractivity (Wildman–Crippen MR) is 167 cm³/mol. The highest BCUT2D eigenvalue weighted by atomic mass is 32.2. The van der Waals surface area contributed by atoms with Crippen molar-refractivity contribution in [3.63, 3.8) is 0 Å². The highest BCUT2D eigenvalue weighted by molar-refractivity contribution is 7.90. The van der Waals surface area contributed by atoms with Crippen molar-refractivity contribution in [2.45, 2.75) is 4.90 Å². The van der Waals surface area contributed by atoms with Crippen LogP contribution in [0.2, 0.25) is 0 Å². The van der Waals surface area contributed by atoms with Crippen molar-refractivity contribution in [2.75, 3.05) is 18.3 Å². The highest BCUT2D eigenvalue weighted by Gasteiger charge is 2.27. The number of anilines is 3. The minimum absolute atomic E-state index is 0.268. The Morgan fingerprint density at radius 1 is 0.690 bits per heavy atom. The summed E-state index contributed by atoms with van der Waals surface area (Å²) in [5, 5.41) is 0.982. The number of aromatic nitrogens is 1. The second-order valence-corrected chi connectivity index (χ2v) is 12.1. The van der Waals surface area contributed by atoms with Gasteiger partial charge in [0.2, 0.25) is 0 Å². The van der Waals surface area contributed by atoms with Gasteiger partial charge in [0.25, 0.3) is 0 Å². The number of benzene rings is 5. The maximum absolute atomic E-state index is 12.1. The molecule has 0 atom stereocenters. The summed E-state index contributed by atoms with van der Waals surface area (Å²) in [6.45, 7) is 0. The number of hydrogen-bond donors (Lipinski definition) is 0. The van der Waals surface area contributed by atoms with Gasteiger partial charge in [-0.05, 0) is 71.8 Å². The van der Waals surface area contributed by atoms with Crippen molar-refractivity contribution in [1.82, 2.24) is 4.98 Å². The topological polar surface area (TPSA) is 68.7 Å². The van der Waals surface area contributed by atoms with Gasteiger partial charge in [0, 0.05) is 17.2 Å². The second-order valence-electron chi connectivity index (χ2n) is 10.1. The Kier molecular flexibility index (Phi) is 6.17. The first kappa shape index (κ1) is 25.8. The zero-order valence-corrected chi connectivity index (χ0v) is 23.8. The number of hydrogen-bond acceptors (Lipinski definition) is 6. The van der Waals surface area contributed by atoms with E-state index in [1.54, 1.807) is 19.2 Å². The van der Waals surface area contributed by atoms with E-state index in [4.69, 9.17) is 14.5 Å². The largest absolute Gasteiger partial charge is 0.497 e. The first-order chi connectivity index (χ1) is 20.4. The summed E-state index contributed by atoms with van der Waals surface area (Å²) in [6, 6.07) is 39.1. The van der Waals surface area contributed by atoms with Crippen LogP contribution in [0.3, 0.4) is 0 Å². The van der Waals surface area contributed by atoms with E-state index in [9.17, 15) is 8.42 Å². The summed E-state index contributed by atoms with van der Waals surface area (Å²) in [4.78, 5) is 7.68. The average molecular weight is 571 g/mol. The normalized spacial score (nSPS) is 12.4. The Hall–Kier alpha value is -5.14. The Morgan fingerprint density at radius 3 is 1.90 bits per heavy atom. The van der Waals surface area contributed by atoms with Crippen LogP contribution in [0, 0.1) is 0 Å². The molecule has 1 aliphatic rings. The number of sulfone groups is 1. The predicted octanol–water partition coefficient (Wildman–Crippen LogP) is 8.56. The zero-order valence-electron chi connectivity index (χ0n) is 23.0. The lowest BCUT2D eigenvalue weighted by atomic mass is 9.97. The van der Waals surface area contributed by atoms with Crippen molar-refractivity contribution in [1.29, 1.82) is 0 Å². The van der Waals surface area contributed by atoms with Crippen molar-refractivity contribution in [3.05, 3.63) is 121 Å². The van der Waals surface area contributed by atoms with Crippen LogP contribution < -0.4 is 14.4 Å². The van der Waals surface area contributed by atoms with Gasteiger partial charge in [0.1, 0.15) is 5.75 Å². The Morgan fingerprint density at radius 2 is 1.29 bits per heavy atom. The lowest BCUT2D eigenvalue weighted by Gasteiger charge is -2.33. The molecule has 0 fully saturated rings. The van der Waals surface area contributed by atoms with Gasteiger partial charge in [-0.25, -0.2) is 13.4 Å². The van der Waals surface area contributed by atoms with Gasteiger partial charge < -0.3 is 14.4 Å². The molecule has 0 radical (unpaired) electrons. The highest BCUT2D eigenvalue weighted by Crippen LogP contribution is 2.51. The van der Waals surface area contributed by atoms with E-state index in [1.165, 1.54) is 6.26 Å². The zero-order chi connectivity index (χ0) is 28.8. The molecule has 0 unspecified atom stereocenters. The van der Waals surface area contributed by atoms with Crippen LogP contribution in [0.5, 0.6) is 17.2 Å². The fourth-order valence-electron chi connectivity index (χ4n) is 5.41. The van der Waals surface area contributed by atoms with Crippen LogP contribution in [0.15, 0.2) is 126 Å². The maximum atomic E-state index is 12.1. The molecule has 42 heavy (non-hydrogen) atoms. The molecule has 0 amide bonds. The van der Waals surface area contributed by atoms with E-state index >= 15 is 0 Å². The third kappa shape index (κ3) is 4.44. The molecule has 0 saturated heterocycles. The van der Waals surface area contributed by atoms with Crippen LogP contribution >= 0.6 is 0 Å². The molecule has 0 bridgehead atoms. The van der Waals surface area contributed by atoms with E-state index < -0.39 is 9.84 Å². The number of ether oxygens (including phenoxy) is 2. The second kappa shape index (κ2) is 10.0. The van der Waals surface area contributed by atoms with Crippen molar-refractivity contribution >= 4 is 37.8 Å². The molecule has 7 heteroatoms. The lowest BCUT2D eigenvalue weighted by Crippen LogP contribution is -2.16. The molecule has 6 aromatic rings. The van der Waals surface area contributed by atoms with E-state index in [1.807, 2.05) is 91.0 Å². The third-order valence-corrected chi connectivity index (χ3v) is 8.60. The molecular formula is C35H26N2O4S. The van der Waals surface area contributed by atoms with E-state index in [0.717, 1.165) is 67.6 Å². The lowest BCUT2D eigenvalue weighted by molar-refractivity contribution is 0.415. The Balaban J connectivity index is 1.51. The number of para-hydroxylation sites is 5. The minimum Gasteiger partial charge on any atom is -0.497 e. The fourth-order valence-corrected chi connectivity index (χ4v) is 6.04. The van der Waals surface area contributed by atoms with Gasteiger partial charge in [-0.2, -0.15) is 0 Å². The number of fused-ring (bicyclic) bond motifs is 3. The first-order valence-corrected chi connectivity index (χ1v) is 15.3. The summed E-state index contributed by atoms with van der Waals surface area (Å²) < 4.78 is 35.9. The number of methoxy groups -OCH3 is 1. The van der Waals surface area contributed by atoms with E-state index in [-0.39, 0.29) is 4.90 Å². The van der Waals surface area contributed by atoms with Gasteiger partial charge in [-0.1, -0.05) is 60.7 Å². The van der Waals surface area contributed by atoms with Gasteiger partial charge in [0.05, 0.1) is 40.3 Å². The van der Waals surface area contributed by atoms with Crippen LogP contribution in [0.1, 0.15) is 0 Å². The summed E-state index contributed by atoms with van der Waals surface area (Å²) >= 11 is 0. The van der Waals surface area contributed by atoms with Gasteiger partial charge in [0.15, 0.2) is 21.3 Å². The molecular weight excluding hydrogens is 544 g/mol. The first-order valence-electron chi connectivity index (χ1n) is 13.5. The Labute approximate surface area is 244 Å². The molecule has 2 heterocycles. The number of rotatable bonds is 5. The summed E-state index contributed by atoms with van der Waals surface area (Å²) in [5.74, 6) is 2.29. The molecule has 0 N–H and O–H groups in total. The minimum atomic E-state index is -3.32. The van der Waals surface area contributed by atoms with Gasteiger partial charge >= 0.3 is 0 Å². The molecule has 0 aliphatic carbocycles. The van der Waals surface area contributed by atoms with Crippen LogP contribution in [-0.4, -0.2) is 26.8 Å². The quantitative estimate of drug-likeness (QED) is 0.207. The molecule has 7 rings (SSSR count). The Bertz CT molecular complexity index is 2030.